The summed E-state index contributed by atoms with van der Waals surface area (Å²) in [6.07, 6.45) is -1.33. The fraction of sp³-hybridized carbons (Fsp3) is 0.300. The van der Waals surface area contributed by atoms with E-state index in [-0.39, 0.29) is 25.4 Å². The van der Waals surface area contributed by atoms with Gasteiger partial charge in [0.25, 0.3) is 0 Å². The summed E-state index contributed by atoms with van der Waals surface area (Å²) < 4.78 is 40.3. The number of amides is 1. The zero-order valence-electron chi connectivity index (χ0n) is 14.8. The lowest BCUT2D eigenvalue weighted by Crippen LogP contribution is -2.49. The van der Waals surface area contributed by atoms with Crippen LogP contribution in [0.3, 0.4) is 0 Å². The van der Waals surface area contributed by atoms with Gasteiger partial charge in [0.2, 0.25) is 5.91 Å². The molecule has 2 aromatic carbocycles. The van der Waals surface area contributed by atoms with E-state index >= 15 is 0 Å². The monoisotopic (exact) mass is 409 g/mol. The van der Waals surface area contributed by atoms with E-state index in [2.05, 4.69) is 0 Å². The molecular weight excluding hydrogens is 391 g/mol. The van der Waals surface area contributed by atoms with Crippen molar-refractivity contribution in [3.8, 4) is 6.07 Å². The van der Waals surface area contributed by atoms with Gasteiger partial charge in [0.1, 0.15) is 23.8 Å². The Hall–Kier alpha value is -2.56. The van der Waals surface area contributed by atoms with Crippen molar-refractivity contribution in [1.82, 2.24) is 4.90 Å². The van der Waals surface area contributed by atoms with Crippen LogP contribution < -0.4 is 5.73 Å². The van der Waals surface area contributed by atoms with Crippen LogP contribution in [0.2, 0.25) is 0 Å². The molecule has 3 atom stereocenters. The number of alkyl halides is 1. The predicted molar refractivity (Wildman–Crippen MR) is 100 cm³/mol. The lowest BCUT2D eigenvalue weighted by atomic mass is 9.84. The first-order valence-electron chi connectivity index (χ1n) is 8.51. The van der Waals surface area contributed by atoms with Gasteiger partial charge in [0.05, 0.1) is 18.7 Å². The lowest BCUT2D eigenvalue weighted by Gasteiger charge is -2.29. The van der Waals surface area contributed by atoms with Gasteiger partial charge in [-0.2, -0.15) is 5.26 Å². The van der Waals surface area contributed by atoms with Gasteiger partial charge in [-0.3, -0.25) is 4.79 Å². The van der Waals surface area contributed by atoms with Crippen LogP contribution in [0.5, 0.6) is 0 Å². The van der Waals surface area contributed by atoms with Crippen LogP contribution in [0.25, 0.3) is 0 Å². The molecule has 0 bridgehead atoms. The molecule has 1 saturated heterocycles. The molecule has 4 nitrogen and oxygen atoms in total. The maximum absolute atomic E-state index is 13.7. The van der Waals surface area contributed by atoms with E-state index in [1.807, 2.05) is 6.07 Å². The van der Waals surface area contributed by atoms with Crippen LogP contribution in [0.1, 0.15) is 23.5 Å². The van der Waals surface area contributed by atoms with Crippen molar-refractivity contribution in [3.05, 3.63) is 71.3 Å². The van der Waals surface area contributed by atoms with Gasteiger partial charge in [-0.1, -0.05) is 24.3 Å². The second-order valence-electron chi connectivity index (χ2n) is 6.58. The number of likely N-dealkylation sites (tertiary alicyclic amines) is 1. The summed E-state index contributed by atoms with van der Waals surface area (Å²) in [4.78, 5) is 14.1. The Balaban J connectivity index is 0.00000280. The number of halogens is 4. The number of carbonyl (C=O) groups is 1. The van der Waals surface area contributed by atoms with Crippen molar-refractivity contribution in [3.63, 3.8) is 0 Å². The summed E-state index contributed by atoms with van der Waals surface area (Å²) in [5.74, 6) is -2.15. The van der Waals surface area contributed by atoms with Crippen molar-refractivity contribution < 1.29 is 18.0 Å². The Kier molecular flexibility index (Phi) is 7.05. The van der Waals surface area contributed by atoms with Crippen molar-refractivity contribution >= 4 is 18.3 Å². The first-order valence-corrected chi connectivity index (χ1v) is 8.51. The minimum atomic E-state index is -1.28. The van der Waals surface area contributed by atoms with E-state index in [4.69, 9.17) is 5.73 Å². The number of rotatable bonds is 4. The first kappa shape index (κ1) is 21.7. The van der Waals surface area contributed by atoms with Gasteiger partial charge in [0, 0.05) is 12.3 Å². The molecular formula is C20H19ClF3N3O. The molecule has 0 saturated carbocycles. The summed E-state index contributed by atoms with van der Waals surface area (Å²) in [5, 5.41) is 9.18. The normalized spacial score (nSPS) is 19.8. The predicted octanol–water partition coefficient (Wildman–Crippen LogP) is 3.31. The largest absolute Gasteiger partial charge is 0.322 e. The third kappa shape index (κ3) is 4.46. The molecule has 1 fully saturated rings. The van der Waals surface area contributed by atoms with Crippen molar-refractivity contribution in [1.29, 1.82) is 5.26 Å². The Morgan fingerprint density at radius 1 is 1.07 bits per heavy atom. The van der Waals surface area contributed by atoms with Crippen molar-refractivity contribution in [2.24, 2.45) is 5.73 Å². The molecule has 1 amide bonds. The van der Waals surface area contributed by atoms with Crippen LogP contribution in [0.4, 0.5) is 13.2 Å². The van der Waals surface area contributed by atoms with Crippen LogP contribution >= 0.6 is 12.4 Å². The minimum Gasteiger partial charge on any atom is -0.322 e. The van der Waals surface area contributed by atoms with Crippen molar-refractivity contribution in [2.45, 2.75) is 30.6 Å². The summed E-state index contributed by atoms with van der Waals surface area (Å²) in [5.41, 5.74) is 7.36. The molecule has 2 aromatic rings. The first-order chi connectivity index (χ1) is 12.9. The molecule has 1 unspecified atom stereocenters. The number of nitrogens with two attached hydrogens (primary N) is 1. The molecule has 2 N–H and O–H groups in total. The number of nitrogens with zero attached hydrogens (tertiary/aromatic N) is 2. The van der Waals surface area contributed by atoms with Crippen LogP contribution in [0.15, 0.2) is 48.5 Å². The van der Waals surface area contributed by atoms with Crippen molar-refractivity contribution in [2.75, 3.05) is 6.54 Å². The van der Waals surface area contributed by atoms with Gasteiger partial charge >= 0.3 is 0 Å². The number of benzene rings is 2. The molecule has 0 spiro atoms. The second-order valence-corrected chi connectivity index (χ2v) is 6.58. The highest BCUT2D eigenvalue weighted by Crippen LogP contribution is 2.30. The molecule has 0 aromatic heterocycles. The average molecular weight is 410 g/mol. The molecule has 1 heterocycles. The summed E-state index contributed by atoms with van der Waals surface area (Å²) >= 11 is 0. The van der Waals surface area contributed by atoms with Gasteiger partial charge in [-0.25, -0.2) is 13.2 Å². The van der Waals surface area contributed by atoms with E-state index < -0.39 is 41.7 Å². The highest BCUT2D eigenvalue weighted by molar-refractivity contribution is 5.85. The quantitative estimate of drug-likeness (QED) is 0.842. The number of hydrogen-bond donors (Lipinski definition) is 1. The molecule has 28 heavy (non-hydrogen) atoms. The zero-order chi connectivity index (χ0) is 19.6. The highest BCUT2D eigenvalue weighted by atomic mass is 35.5. The molecule has 1 aliphatic heterocycles. The smallest absolute Gasteiger partial charge is 0.241 e. The topological polar surface area (TPSA) is 70.1 Å². The highest BCUT2D eigenvalue weighted by Gasteiger charge is 2.40. The fourth-order valence-corrected chi connectivity index (χ4v) is 3.43. The van der Waals surface area contributed by atoms with Crippen LogP contribution in [-0.2, 0) is 4.79 Å². The molecule has 0 radical (unpaired) electrons. The van der Waals surface area contributed by atoms with Gasteiger partial charge in [0.15, 0.2) is 0 Å². The standard InChI is InChI=1S/C20H18F3N3O.ClH/c21-14-5-1-12(2-6-14)18(13-3-7-15(22)8-4-13)19(25)20(27)26-11-16(23)9-17(26)10-24;/h1-8,16-19H,9,11,25H2;1H/t16-,17-,19?;/m0./s1. The third-order valence-corrected chi connectivity index (χ3v) is 4.78. The Morgan fingerprint density at radius 3 is 1.96 bits per heavy atom. The number of carbonyl (C=O) groups excluding carboxylic acids is 1. The number of nitriles is 1. The van der Waals surface area contributed by atoms with Gasteiger partial charge in [-0.05, 0) is 35.4 Å². The zero-order valence-corrected chi connectivity index (χ0v) is 15.6. The van der Waals surface area contributed by atoms with E-state index in [1.165, 1.54) is 48.5 Å². The van der Waals surface area contributed by atoms with E-state index in [0.29, 0.717) is 11.1 Å². The average Bonchev–Trinajstić information content (AvgIpc) is 3.05. The molecule has 0 aliphatic carbocycles. The molecule has 1 aliphatic rings. The maximum Gasteiger partial charge on any atom is 0.241 e. The van der Waals surface area contributed by atoms with Gasteiger partial charge in [-0.15, -0.1) is 12.4 Å². The molecule has 8 heteroatoms. The summed E-state index contributed by atoms with van der Waals surface area (Å²) in [6.45, 7) is -0.190. The summed E-state index contributed by atoms with van der Waals surface area (Å²) in [7, 11) is 0. The maximum atomic E-state index is 13.7. The molecule has 3 rings (SSSR count). The van der Waals surface area contributed by atoms with Crippen LogP contribution in [0, 0.1) is 23.0 Å². The van der Waals surface area contributed by atoms with E-state index in [9.17, 15) is 23.2 Å². The number of hydrogen-bond acceptors (Lipinski definition) is 3. The van der Waals surface area contributed by atoms with E-state index in [0.717, 1.165) is 4.90 Å². The second kappa shape index (κ2) is 9.09. The summed E-state index contributed by atoms with van der Waals surface area (Å²) in [6, 6.07) is 10.9. The van der Waals surface area contributed by atoms with E-state index in [1.54, 1.807) is 0 Å². The minimum absolute atomic E-state index is 0. The Morgan fingerprint density at radius 2 is 1.54 bits per heavy atom. The Bertz CT molecular complexity index is 809. The SMILES string of the molecule is Cl.N#C[C@@H]1C[C@H](F)CN1C(=O)C(N)C(c1ccc(F)cc1)c1ccc(F)cc1. The van der Waals surface area contributed by atoms with Gasteiger partial charge < -0.3 is 10.6 Å². The third-order valence-electron chi connectivity index (χ3n) is 4.78. The Labute approximate surface area is 167 Å². The fourth-order valence-electron chi connectivity index (χ4n) is 3.43. The lowest BCUT2D eigenvalue weighted by molar-refractivity contribution is -0.133. The van der Waals surface area contributed by atoms with Crippen LogP contribution in [-0.4, -0.2) is 35.6 Å². The molecule has 148 valence electrons.